The van der Waals surface area contributed by atoms with Crippen LogP contribution in [-0.4, -0.2) is 27.7 Å². The maximum absolute atomic E-state index is 11.5. The topological polar surface area (TPSA) is 104 Å². The number of ether oxygens (including phenoxy) is 2. The van der Waals surface area contributed by atoms with Gasteiger partial charge < -0.3 is 9.47 Å². The zero-order valence-electron chi connectivity index (χ0n) is 10.6. The third kappa shape index (κ3) is 3.52. The zero-order valence-corrected chi connectivity index (χ0v) is 13.0. The Kier molecular flexibility index (Phi) is 4.81. The van der Waals surface area contributed by atoms with Gasteiger partial charge in [-0.05, 0) is 40.3 Å². The van der Waals surface area contributed by atoms with Gasteiger partial charge in [-0.25, -0.2) is 4.79 Å². The van der Waals surface area contributed by atoms with Crippen LogP contribution >= 0.6 is 27.3 Å². The maximum Gasteiger partial charge on any atom is 0.369 e. The Bertz CT molecular complexity index is 690. The summed E-state index contributed by atoms with van der Waals surface area (Å²) in [5, 5.41) is 18.3. The first-order valence-corrected chi connectivity index (χ1v) is 7.25. The van der Waals surface area contributed by atoms with Crippen LogP contribution in [-0.2, 0) is 4.74 Å². The fraction of sp³-hybridized carbons (Fsp3) is 0.182. The Morgan fingerprint density at radius 3 is 2.90 bits per heavy atom. The Morgan fingerprint density at radius 1 is 1.48 bits per heavy atom. The molecule has 0 radical (unpaired) electrons. The van der Waals surface area contributed by atoms with Gasteiger partial charge in [-0.3, -0.25) is 10.1 Å². The average molecular weight is 374 g/mol. The molecule has 1 heterocycles. The molecule has 0 atom stereocenters. The van der Waals surface area contributed by atoms with Crippen LogP contribution in [0.15, 0.2) is 22.7 Å². The molecule has 1 aromatic carbocycles. The largest absolute Gasteiger partial charge is 0.461 e. The second-order valence-electron chi connectivity index (χ2n) is 3.54. The van der Waals surface area contributed by atoms with Gasteiger partial charge in [-0.2, -0.15) is 0 Å². The first-order valence-electron chi connectivity index (χ1n) is 5.64. The van der Waals surface area contributed by atoms with Gasteiger partial charge >= 0.3 is 5.97 Å². The summed E-state index contributed by atoms with van der Waals surface area (Å²) < 4.78 is 10.4. The highest BCUT2D eigenvalue weighted by molar-refractivity contribution is 9.10. The third-order valence-electron chi connectivity index (χ3n) is 2.19. The van der Waals surface area contributed by atoms with Crippen LogP contribution in [0.1, 0.15) is 16.7 Å². The van der Waals surface area contributed by atoms with E-state index in [1.807, 2.05) is 0 Å². The van der Waals surface area contributed by atoms with Crippen molar-refractivity contribution in [2.45, 2.75) is 6.92 Å². The van der Waals surface area contributed by atoms with Gasteiger partial charge in [0, 0.05) is 6.07 Å². The van der Waals surface area contributed by atoms with Crippen molar-refractivity contribution in [1.82, 2.24) is 10.2 Å². The molecular formula is C11H8BrN3O5S. The number of carbonyl (C=O) groups excluding carboxylic acids is 1. The number of hydrogen-bond acceptors (Lipinski definition) is 8. The molecule has 1 aromatic heterocycles. The SMILES string of the molecule is CCOC(=O)c1nnc(Oc2cccc([N+](=O)[O-])c2Br)s1. The van der Waals surface area contributed by atoms with E-state index < -0.39 is 10.9 Å². The van der Waals surface area contributed by atoms with Gasteiger partial charge in [-0.1, -0.05) is 11.2 Å². The number of esters is 1. The predicted molar refractivity (Wildman–Crippen MR) is 76.7 cm³/mol. The Morgan fingerprint density at radius 2 is 2.24 bits per heavy atom. The lowest BCUT2D eigenvalue weighted by Gasteiger charge is -2.03. The van der Waals surface area contributed by atoms with Crippen LogP contribution in [0.5, 0.6) is 10.9 Å². The normalized spacial score (nSPS) is 10.2. The maximum atomic E-state index is 11.5. The quantitative estimate of drug-likeness (QED) is 0.450. The molecule has 0 aliphatic heterocycles. The number of nitro groups is 1. The second kappa shape index (κ2) is 6.59. The van der Waals surface area contributed by atoms with E-state index in [1.165, 1.54) is 18.2 Å². The average Bonchev–Trinajstić information content (AvgIpc) is 2.90. The van der Waals surface area contributed by atoms with E-state index in [1.54, 1.807) is 6.92 Å². The summed E-state index contributed by atoms with van der Waals surface area (Å²) in [6.07, 6.45) is 0. The molecule has 0 saturated carbocycles. The summed E-state index contributed by atoms with van der Waals surface area (Å²) in [6.45, 7) is 1.90. The first kappa shape index (κ1) is 15.3. The minimum absolute atomic E-state index is 0.0494. The van der Waals surface area contributed by atoms with Crippen molar-refractivity contribution >= 4 is 38.9 Å². The van der Waals surface area contributed by atoms with Crippen molar-refractivity contribution in [1.29, 1.82) is 0 Å². The molecule has 21 heavy (non-hydrogen) atoms. The lowest BCUT2D eigenvalue weighted by Crippen LogP contribution is -2.03. The molecular weight excluding hydrogens is 366 g/mol. The van der Waals surface area contributed by atoms with Gasteiger partial charge in [0.1, 0.15) is 4.47 Å². The van der Waals surface area contributed by atoms with E-state index in [-0.39, 0.29) is 32.7 Å². The molecule has 0 fully saturated rings. The highest BCUT2D eigenvalue weighted by Crippen LogP contribution is 2.37. The molecule has 0 amide bonds. The number of aromatic nitrogens is 2. The van der Waals surface area contributed by atoms with Gasteiger partial charge in [0.2, 0.25) is 5.01 Å². The van der Waals surface area contributed by atoms with Crippen LogP contribution < -0.4 is 4.74 Å². The Labute approximate surface area is 131 Å². The fourth-order valence-corrected chi connectivity index (χ4v) is 2.43. The number of nitro benzene ring substituents is 1. The van der Waals surface area contributed by atoms with Gasteiger partial charge in [0.15, 0.2) is 5.75 Å². The van der Waals surface area contributed by atoms with Crippen LogP contribution in [0.4, 0.5) is 5.69 Å². The van der Waals surface area contributed by atoms with Crippen molar-refractivity contribution in [3.8, 4) is 10.9 Å². The summed E-state index contributed by atoms with van der Waals surface area (Å²) in [5.74, 6) is -0.390. The monoisotopic (exact) mass is 373 g/mol. The van der Waals surface area contributed by atoms with Crippen LogP contribution in [0.3, 0.4) is 0 Å². The van der Waals surface area contributed by atoms with Gasteiger partial charge in [0.05, 0.1) is 11.5 Å². The minimum atomic E-state index is -0.594. The van der Waals surface area contributed by atoms with E-state index in [9.17, 15) is 14.9 Å². The molecule has 0 N–H and O–H groups in total. The second-order valence-corrected chi connectivity index (χ2v) is 5.28. The molecule has 0 aliphatic rings. The smallest absolute Gasteiger partial charge is 0.369 e. The minimum Gasteiger partial charge on any atom is -0.461 e. The van der Waals surface area contributed by atoms with Crippen molar-refractivity contribution in [2.24, 2.45) is 0 Å². The van der Waals surface area contributed by atoms with Crippen LogP contribution in [0.2, 0.25) is 0 Å². The van der Waals surface area contributed by atoms with E-state index in [0.717, 1.165) is 11.3 Å². The molecule has 0 bridgehead atoms. The van der Waals surface area contributed by atoms with Gasteiger partial charge in [-0.15, -0.1) is 5.10 Å². The molecule has 10 heteroatoms. The standard InChI is InChI=1S/C11H8BrN3O5S/c1-2-19-10(16)9-13-14-11(21-9)20-7-5-3-4-6(8(7)12)15(17)18/h3-5H,2H2,1H3. The predicted octanol–water partition coefficient (Wildman–Crippen LogP) is 3.18. The molecule has 8 nitrogen and oxygen atoms in total. The molecule has 2 aromatic rings. The van der Waals surface area contributed by atoms with Crippen molar-refractivity contribution in [3.05, 3.63) is 37.8 Å². The van der Waals surface area contributed by atoms with Gasteiger partial charge in [0.25, 0.3) is 10.9 Å². The number of nitrogens with zero attached hydrogens (tertiary/aromatic N) is 3. The number of halogens is 1. The summed E-state index contributed by atoms with van der Waals surface area (Å²) in [5.41, 5.74) is -0.136. The lowest BCUT2D eigenvalue weighted by molar-refractivity contribution is -0.385. The number of hydrogen-bond donors (Lipinski definition) is 0. The van der Waals surface area contributed by atoms with E-state index >= 15 is 0 Å². The summed E-state index contributed by atoms with van der Waals surface area (Å²) >= 11 is 3.99. The molecule has 0 spiro atoms. The number of benzene rings is 1. The lowest BCUT2D eigenvalue weighted by atomic mass is 10.3. The third-order valence-corrected chi connectivity index (χ3v) is 3.77. The van der Waals surface area contributed by atoms with E-state index in [0.29, 0.717) is 0 Å². The molecule has 0 aliphatic carbocycles. The first-order chi connectivity index (χ1) is 10.0. The summed E-state index contributed by atoms with van der Waals surface area (Å²) in [4.78, 5) is 21.7. The molecule has 0 saturated heterocycles. The van der Waals surface area contributed by atoms with E-state index in [4.69, 9.17) is 9.47 Å². The number of carbonyl (C=O) groups is 1. The summed E-state index contributed by atoms with van der Waals surface area (Å²) in [7, 11) is 0. The highest BCUT2D eigenvalue weighted by atomic mass is 79.9. The fourth-order valence-electron chi connectivity index (χ4n) is 1.34. The zero-order chi connectivity index (χ0) is 15.4. The van der Waals surface area contributed by atoms with Crippen LogP contribution in [0.25, 0.3) is 0 Å². The summed E-state index contributed by atoms with van der Waals surface area (Å²) in [6, 6.07) is 4.34. The Hall–Kier alpha value is -2.07. The van der Waals surface area contributed by atoms with Crippen molar-refractivity contribution in [2.75, 3.05) is 6.61 Å². The molecule has 0 unspecified atom stereocenters. The number of rotatable bonds is 5. The van der Waals surface area contributed by atoms with Crippen molar-refractivity contribution < 1.29 is 19.2 Å². The Balaban J connectivity index is 2.21. The van der Waals surface area contributed by atoms with Crippen LogP contribution in [0, 0.1) is 10.1 Å². The molecule has 2 rings (SSSR count). The highest BCUT2D eigenvalue weighted by Gasteiger charge is 2.19. The van der Waals surface area contributed by atoms with E-state index in [2.05, 4.69) is 26.1 Å². The van der Waals surface area contributed by atoms with Crippen molar-refractivity contribution in [3.63, 3.8) is 0 Å². The molecule has 110 valence electrons.